The van der Waals surface area contributed by atoms with E-state index in [1.54, 1.807) is 0 Å². The van der Waals surface area contributed by atoms with E-state index in [0.29, 0.717) is 5.82 Å². The lowest BCUT2D eigenvalue weighted by atomic mass is 10.1. The maximum Gasteiger partial charge on any atom is 0.142 e. The molecule has 0 aliphatic carbocycles. The molecule has 0 unspecified atom stereocenters. The minimum atomic E-state index is 0.539. The maximum atomic E-state index is 6.08. The van der Waals surface area contributed by atoms with Crippen LogP contribution in [0.15, 0.2) is 36.4 Å². The number of benzene rings is 1. The highest BCUT2D eigenvalue weighted by Crippen LogP contribution is 2.24. The van der Waals surface area contributed by atoms with Gasteiger partial charge in [-0.15, -0.1) is 0 Å². The highest BCUT2D eigenvalue weighted by Gasteiger charge is 2.09. The van der Waals surface area contributed by atoms with Crippen molar-refractivity contribution in [1.29, 1.82) is 0 Å². The van der Waals surface area contributed by atoms with Gasteiger partial charge >= 0.3 is 0 Å². The minimum Gasteiger partial charge on any atom is -0.383 e. The lowest BCUT2D eigenvalue weighted by Crippen LogP contribution is -1.99. The SMILES string of the molecule is CCCCc1ccc(-c2nc3ccccc3[nH]2)c(N)n1. The summed E-state index contributed by atoms with van der Waals surface area (Å²) in [6.45, 7) is 2.17. The Morgan fingerprint density at radius 3 is 2.70 bits per heavy atom. The predicted molar refractivity (Wildman–Crippen MR) is 82.3 cm³/mol. The fourth-order valence-corrected chi connectivity index (χ4v) is 2.29. The molecular weight excluding hydrogens is 248 g/mol. The number of imidazole rings is 1. The van der Waals surface area contributed by atoms with E-state index in [9.17, 15) is 0 Å². The van der Waals surface area contributed by atoms with Crippen molar-refractivity contribution >= 4 is 16.9 Å². The molecule has 3 N–H and O–H groups in total. The van der Waals surface area contributed by atoms with Crippen molar-refractivity contribution in [1.82, 2.24) is 15.0 Å². The largest absolute Gasteiger partial charge is 0.383 e. The van der Waals surface area contributed by atoms with E-state index < -0.39 is 0 Å². The molecule has 0 spiro atoms. The molecule has 0 aliphatic rings. The number of aromatic amines is 1. The Morgan fingerprint density at radius 1 is 1.10 bits per heavy atom. The zero-order valence-electron chi connectivity index (χ0n) is 11.6. The van der Waals surface area contributed by atoms with Gasteiger partial charge in [-0.05, 0) is 37.1 Å². The number of rotatable bonds is 4. The number of aromatic nitrogens is 3. The van der Waals surface area contributed by atoms with Crippen LogP contribution in [0.1, 0.15) is 25.5 Å². The minimum absolute atomic E-state index is 0.539. The molecule has 3 aromatic rings. The van der Waals surface area contributed by atoms with E-state index in [1.165, 1.54) is 0 Å². The average molecular weight is 266 g/mol. The maximum absolute atomic E-state index is 6.08. The smallest absolute Gasteiger partial charge is 0.142 e. The number of hydrogen-bond acceptors (Lipinski definition) is 3. The van der Waals surface area contributed by atoms with Gasteiger partial charge in [0, 0.05) is 5.69 Å². The van der Waals surface area contributed by atoms with E-state index in [0.717, 1.165) is 47.4 Å². The van der Waals surface area contributed by atoms with Crippen LogP contribution in [-0.4, -0.2) is 15.0 Å². The molecule has 0 bridgehead atoms. The van der Waals surface area contributed by atoms with Gasteiger partial charge in [0.25, 0.3) is 0 Å². The second-order valence-electron chi connectivity index (χ2n) is 4.94. The van der Waals surface area contributed by atoms with Crippen LogP contribution in [0.5, 0.6) is 0 Å². The Labute approximate surface area is 118 Å². The third-order valence-electron chi connectivity index (χ3n) is 3.41. The normalized spacial score (nSPS) is 11.1. The summed E-state index contributed by atoms with van der Waals surface area (Å²) in [6.07, 6.45) is 3.27. The molecular formula is C16H18N4. The quantitative estimate of drug-likeness (QED) is 0.758. The molecule has 2 aromatic heterocycles. The number of pyridine rings is 1. The van der Waals surface area contributed by atoms with Crippen molar-refractivity contribution < 1.29 is 0 Å². The molecule has 0 fully saturated rings. The standard InChI is InChI=1S/C16H18N4/c1-2-3-6-11-9-10-12(15(17)18-11)16-19-13-7-4-5-8-14(13)20-16/h4-5,7-10H,2-3,6H2,1H3,(H2,17,18)(H,19,20). The molecule has 1 aromatic carbocycles. The van der Waals surface area contributed by atoms with Crippen LogP contribution in [0, 0.1) is 0 Å². The second kappa shape index (κ2) is 5.33. The zero-order valence-corrected chi connectivity index (χ0v) is 11.6. The number of fused-ring (bicyclic) bond motifs is 1. The van der Waals surface area contributed by atoms with Gasteiger partial charge in [-0.3, -0.25) is 0 Å². The van der Waals surface area contributed by atoms with Gasteiger partial charge in [-0.1, -0.05) is 25.5 Å². The Hall–Kier alpha value is -2.36. The van der Waals surface area contributed by atoms with Crippen LogP contribution in [0.2, 0.25) is 0 Å². The number of para-hydroxylation sites is 2. The predicted octanol–water partition coefficient (Wildman–Crippen LogP) is 3.55. The number of anilines is 1. The summed E-state index contributed by atoms with van der Waals surface area (Å²) in [4.78, 5) is 12.3. The first-order chi connectivity index (χ1) is 9.78. The third kappa shape index (κ3) is 2.37. The summed E-state index contributed by atoms with van der Waals surface area (Å²) in [7, 11) is 0. The van der Waals surface area contributed by atoms with E-state index in [-0.39, 0.29) is 0 Å². The summed E-state index contributed by atoms with van der Waals surface area (Å²) in [5.74, 6) is 1.32. The van der Waals surface area contributed by atoms with Gasteiger partial charge in [-0.2, -0.15) is 0 Å². The molecule has 0 saturated carbocycles. The molecule has 20 heavy (non-hydrogen) atoms. The highest BCUT2D eigenvalue weighted by atomic mass is 14.9. The van der Waals surface area contributed by atoms with Crippen LogP contribution in [-0.2, 0) is 6.42 Å². The fourth-order valence-electron chi connectivity index (χ4n) is 2.29. The molecule has 0 atom stereocenters. The average Bonchev–Trinajstić information content (AvgIpc) is 2.88. The van der Waals surface area contributed by atoms with Crippen molar-refractivity contribution in [2.75, 3.05) is 5.73 Å². The topological polar surface area (TPSA) is 67.6 Å². The van der Waals surface area contributed by atoms with Crippen molar-refractivity contribution in [3.63, 3.8) is 0 Å². The lowest BCUT2D eigenvalue weighted by Gasteiger charge is -2.05. The number of nitrogens with two attached hydrogens (primary N) is 1. The number of nitrogens with zero attached hydrogens (tertiary/aromatic N) is 2. The van der Waals surface area contributed by atoms with Gasteiger partial charge in [0.2, 0.25) is 0 Å². The van der Waals surface area contributed by atoms with Crippen molar-refractivity contribution in [2.24, 2.45) is 0 Å². The highest BCUT2D eigenvalue weighted by molar-refractivity contribution is 5.81. The van der Waals surface area contributed by atoms with Gasteiger partial charge in [0.15, 0.2) is 0 Å². The van der Waals surface area contributed by atoms with Gasteiger partial charge in [-0.25, -0.2) is 9.97 Å². The summed E-state index contributed by atoms with van der Waals surface area (Å²) in [6, 6.07) is 12.0. The van der Waals surface area contributed by atoms with Crippen LogP contribution in [0.4, 0.5) is 5.82 Å². The fraction of sp³-hybridized carbons (Fsp3) is 0.250. The summed E-state index contributed by atoms with van der Waals surface area (Å²) in [5.41, 5.74) is 9.94. The number of unbranched alkanes of at least 4 members (excludes halogenated alkanes) is 1. The summed E-state index contributed by atoms with van der Waals surface area (Å²) < 4.78 is 0. The number of hydrogen-bond donors (Lipinski definition) is 2. The monoisotopic (exact) mass is 266 g/mol. The van der Waals surface area contributed by atoms with E-state index in [4.69, 9.17) is 5.73 Å². The van der Waals surface area contributed by atoms with Crippen molar-refractivity contribution in [3.8, 4) is 11.4 Å². The van der Waals surface area contributed by atoms with Crippen LogP contribution < -0.4 is 5.73 Å². The Kier molecular flexibility index (Phi) is 3.37. The molecule has 4 heteroatoms. The molecule has 2 heterocycles. The van der Waals surface area contributed by atoms with E-state index in [1.807, 2.05) is 36.4 Å². The van der Waals surface area contributed by atoms with Gasteiger partial charge in [0.05, 0.1) is 16.6 Å². The first kappa shape index (κ1) is 12.7. The number of nitrogen functional groups attached to an aromatic ring is 1. The second-order valence-corrected chi connectivity index (χ2v) is 4.94. The Balaban J connectivity index is 1.97. The Morgan fingerprint density at radius 2 is 1.95 bits per heavy atom. The van der Waals surface area contributed by atoms with Crippen molar-refractivity contribution in [3.05, 3.63) is 42.1 Å². The molecule has 0 aliphatic heterocycles. The molecule has 0 amide bonds. The van der Waals surface area contributed by atoms with Crippen LogP contribution in [0.3, 0.4) is 0 Å². The summed E-state index contributed by atoms with van der Waals surface area (Å²) >= 11 is 0. The van der Waals surface area contributed by atoms with E-state index in [2.05, 4.69) is 21.9 Å². The Bertz CT molecular complexity index is 697. The molecule has 3 rings (SSSR count). The molecule has 102 valence electrons. The molecule has 0 radical (unpaired) electrons. The molecule has 0 saturated heterocycles. The first-order valence-corrected chi connectivity index (χ1v) is 6.98. The molecule has 4 nitrogen and oxygen atoms in total. The summed E-state index contributed by atoms with van der Waals surface area (Å²) in [5, 5.41) is 0. The number of H-pyrrole nitrogens is 1. The van der Waals surface area contributed by atoms with Crippen LogP contribution >= 0.6 is 0 Å². The zero-order chi connectivity index (χ0) is 13.9. The number of aryl methyl sites for hydroxylation is 1. The lowest BCUT2D eigenvalue weighted by molar-refractivity contribution is 0.778. The third-order valence-corrected chi connectivity index (χ3v) is 3.41. The van der Waals surface area contributed by atoms with Crippen molar-refractivity contribution in [2.45, 2.75) is 26.2 Å². The van der Waals surface area contributed by atoms with Crippen LogP contribution in [0.25, 0.3) is 22.4 Å². The first-order valence-electron chi connectivity index (χ1n) is 6.98. The van der Waals surface area contributed by atoms with E-state index >= 15 is 0 Å². The number of nitrogens with one attached hydrogen (secondary N) is 1. The van der Waals surface area contributed by atoms with Gasteiger partial charge < -0.3 is 10.7 Å². The van der Waals surface area contributed by atoms with Gasteiger partial charge in [0.1, 0.15) is 11.6 Å².